The van der Waals surface area contributed by atoms with Crippen LogP contribution >= 0.6 is 0 Å². The van der Waals surface area contributed by atoms with Crippen LogP contribution in [0, 0.1) is 0 Å². The minimum absolute atomic E-state index is 0.135. The van der Waals surface area contributed by atoms with Crippen molar-refractivity contribution in [1.29, 1.82) is 0 Å². The topological polar surface area (TPSA) is 41.6 Å². The van der Waals surface area contributed by atoms with Crippen LogP contribution in [0.2, 0.25) is 0 Å². The minimum Gasteiger partial charge on any atom is -0.380 e. The van der Waals surface area contributed by atoms with Gasteiger partial charge in [-0.3, -0.25) is 4.79 Å². The third-order valence-corrected chi connectivity index (χ3v) is 3.56. The first-order valence-electron chi connectivity index (χ1n) is 6.79. The van der Waals surface area contributed by atoms with Gasteiger partial charge in [0, 0.05) is 31.8 Å². The molecular weight excluding hydrogens is 240 g/mol. The van der Waals surface area contributed by atoms with Crippen LogP contribution in [0.15, 0.2) is 24.3 Å². The Morgan fingerprint density at radius 1 is 1.53 bits per heavy atom. The summed E-state index contributed by atoms with van der Waals surface area (Å²) in [4.78, 5) is 14.5. The molecule has 1 amide bonds. The fraction of sp³-hybridized carbons (Fsp3) is 0.533. The number of ether oxygens (including phenoxy) is 1. The van der Waals surface area contributed by atoms with E-state index in [1.165, 1.54) is 0 Å². The molecule has 1 atom stereocenters. The number of likely N-dealkylation sites (tertiary alicyclic amines) is 1. The van der Waals surface area contributed by atoms with E-state index in [9.17, 15) is 4.79 Å². The summed E-state index contributed by atoms with van der Waals surface area (Å²) >= 11 is 0. The van der Waals surface area contributed by atoms with E-state index in [2.05, 4.69) is 5.32 Å². The normalized spacial score (nSPS) is 18.8. The molecule has 1 heterocycles. The van der Waals surface area contributed by atoms with Crippen molar-refractivity contribution in [1.82, 2.24) is 10.2 Å². The Hall–Kier alpha value is -1.39. The molecule has 4 heteroatoms. The summed E-state index contributed by atoms with van der Waals surface area (Å²) in [6, 6.07) is 8.04. The number of carbonyl (C=O) groups is 1. The second-order valence-electron chi connectivity index (χ2n) is 4.99. The van der Waals surface area contributed by atoms with Crippen molar-refractivity contribution in [3.05, 3.63) is 35.4 Å². The van der Waals surface area contributed by atoms with Gasteiger partial charge >= 0.3 is 0 Å². The number of likely N-dealkylation sites (N-methyl/N-ethyl adjacent to an activating group) is 1. The van der Waals surface area contributed by atoms with E-state index in [1.807, 2.05) is 36.2 Å². The maximum atomic E-state index is 12.5. The predicted octanol–water partition coefficient (Wildman–Crippen LogP) is 1.66. The van der Waals surface area contributed by atoms with Crippen LogP contribution in [-0.2, 0) is 11.3 Å². The molecule has 19 heavy (non-hydrogen) atoms. The number of hydrogen-bond acceptors (Lipinski definition) is 3. The average molecular weight is 262 g/mol. The zero-order valence-corrected chi connectivity index (χ0v) is 11.7. The van der Waals surface area contributed by atoms with E-state index in [-0.39, 0.29) is 5.91 Å². The van der Waals surface area contributed by atoms with Gasteiger partial charge in [-0.2, -0.15) is 0 Å². The van der Waals surface area contributed by atoms with E-state index in [0.29, 0.717) is 12.6 Å². The Labute approximate surface area is 114 Å². The summed E-state index contributed by atoms with van der Waals surface area (Å²) in [5.41, 5.74) is 1.80. The zero-order chi connectivity index (χ0) is 13.7. The van der Waals surface area contributed by atoms with Gasteiger partial charge in [0.25, 0.3) is 5.91 Å². The summed E-state index contributed by atoms with van der Waals surface area (Å²) in [6.07, 6.45) is 2.18. The molecule has 0 saturated carbocycles. The van der Waals surface area contributed by atoms with Crippen LogP contribution < -0.4 is 5.32 Å². The number of methoxy groups -OCH3 is 1. The summed E-state index contributed by atoms with van der Waals surface area (Å²) < 4.78 is 5.11. The number of amides is 1. The maximum Gasteiger partial charge on any atom is 0.254 e. The van der Waals surface area contributed by atoms with Gasteiger partial charge in [0.15, 0.2) is 0 Å². The highest BCUT2D eigenvalue weighted by Gasteiger charge is 2.28. The maximum absolute atomic E-state index is 12.5. The molecule has 1 aromatic rings. The van der Waals surface area contributed by atoms with Crippen LogP contribution in [0.5, 0.6) is 0 Å². The number of nitrogens with one attached hydrogen (secondary N) is 1. The average Bonchev–Trinajstić information content (AvgIpc) is 2.87. The SMILES string of the molecule is CNCC1CCCN1C(=O)c1cccc(COC)c1. The van der Waals surface area contributed by atoms with Crippen molar-refractivity contribution < 1.29 is 9.53 Å². The lowest BCUT2D eigenvalue weighted by Crippen LogP contribution is -2.40. The molecule has 0 spiro atoms. The number of nitrogens with zero attached hydrogens (tertiary/aromatic N) is 1. The van der Waals surface area contributed by atoms with E-state index < -0.39 is 0 Å². The third kappa shape index (κ3) is 3.33. The van der Waals surface area contributed by atoms with E-state index in [0.717, 1.165) is 37.1 Å². The lowest BCUT2D eigenvalue weighted by Gasteiger charge is -2.24. The molecule has 0 aromatic heterocycles. The first-order chi connectivity index (χ1) is 9.26. The second kappa shape index (κ2) is 6.68. The van der Waals surface area contributed by atoms with Crippen LogP contribution in [0.3, 0.4) is 0 Å². The monoisotopic (exact) mass is 262 g/mol. The number of benzene rings is 1. The van der Waals surface area contributed by atoms with Crippen molar-refractivity contribution in [2.24, 2.45) is 0 Å². The molecule has 1 N–H and O–H groups in total. The Balaban J connectivity index is 2.12. The highest BCUT2D eigenvalue weighted by Crippen LogP contribution is 2.20. The first kappa shape index (κ1) is 14.0. The van der Waals surface area contributed by atoms with Gasteiger partial charge in [-0.15, -0.1) is 0 Å². The molecule has 0 aliphatic carbocycles. The van der Waals surface area contributed by atoms with Gasteiger partial charge in [-0.1, -0.05) is 12.1 Å². The molecule has 1 aliphatic heterocycles. The van der Waals surface area contributed by atoms with Crippen LogP contribution in [-0.4, -0.2) is 44.1 Å². The summed E-state index contributed by atoms with van der Waals surface area (Å²) in [5, 5.41) is 3.16. The number of hydrogen-bond donors (Lipinski definition) is 1. The summed E-state index contributed by atoms with van der Waals surface area (Å²) in [5.74, 6) is 0.135. The smallest absolute Gasteiger partial charge is 0.254 e. The van der Waals surface area contributed by atoms with Gasteiger partial charge in [-0.25, -0.2) is 0 Å². The van der Waals surface area contributed by atoms with E-state index in [1.54, 1.807) is 7.11 Å². The van der Waals surface area contributed by atoms with Crippen molar-refractivity contribution in [2.45, 2.75) is 25.5 Å². The van der Waals surface area contributed by atoms with E-state index >= 15 is 0 Å². The highest BCUT2D eigenvalue weighted by molar-refractivity contribution is 5.94. The lowest BCUT2D eigenvalue weighted by atomic mass is 10.1. The molecule has 1 aliphatic rings. The fourth-order valence-electron chi connectivity index (χ4n) is 2.68. The third-order valence-electron chi connectivity index (χ3n) is 3.56. The predicted molar refractivity (Wildman–Crippen MR) is 75.1 cm³/mol. The van der Waals surface area contributed by atoms with Crippen molar-refractivity contribution >= 4 is 5.91 Å². The van der Waals surface area contributed by atoms with Gasteiger partial charge in [0.05, 0.1) is 6.61 Å². The lowest BCUT2D eigenvalue weighted by molar-refractivity contribution is 0.0736. The summed E-state index contributed by atoms with van der Waals surface area (Å²) in [7, 11) is 3.60. The van der Waals surface area contributed by atoms with Crippen LogP contribution in [0.4, 0.5) is 0 Å². The van der Waals surface area contributed by atoms with E-state index in [4.69, 9.17) is 4.74 Å². The molecule has 1 unspecified atom stereocenters. The molecule has 2 rings (SSSR count). The molecule has 4 nitrogen and oxygen atoms in total. The Kier molecular flexibility index (Phi) is 4.93. The minimum atomic E-state index is 0.135. The molecular formula is C15H22N2O2. The first-order valence-corrected chi connectivity index (χ1v) is 6.79. The standard InChI is InChI=1S/C15H22N2O2/c1-16-10-14-7-4-8-17(14)15(18)13-6-3-5-12(9-13)11-19-2/h3,5-6,9,14,16H,4,7-8,10-11H2,1-2H3. The van der Waals surface area contributed by atoms with Gasteiger partial charge in [-0.05, 0) is 37.6 Å². The molecule has 1 aromatic carbocycles. The van der Waals surface area contributed by atoms with Crippen molar-refractivity contribution in [2.75, 3.05) is 27.2 Å². The molecule has 104 valence electrons. The zero-order valence-electron chi connectivity index (χ0n) is 11.7. The van der Waals surface area contributed by atoms with Crippen LogP contribution in [0.25, 0.3) is 0 Å². The largest absolute Gasteiger partial charge is 0.380 e. The van der Waals surface area contributed by atoms with Crippen molar-refractivity contribution in [3.8, 4) is 0 Å². The second-order valence-corrected chi connectivity index (χ2v) is 4.99. The molecule has 0 radical (unpaired) electrons. The Morgan fingerprint density at radius 2 is 2.37 bits per heavy atom. The van der Waals surface area contributed by atoms with Crippen molar-refractivity contribution in [3.63, 3.8) is 0 Å². The highest BCUT2D eigenvalue weighted by atomic mass is 16.5. The van der Waals surface area contributed by atoms with Gasteiger partial charge in [0.1, 0.15) is 0 Å². The summed E-state index contributed by atoms with van der Waals surface area (Å²) in [6.45, 7) is 2.27. The van der Waals surface area contributed by atoms with Gasteiger partial charge in [0.2, 0.25) is 0 Å². The quantitative estimate of drug-likeness (QED) is 0.877. The number of rotatable bonds is 5. The fourth-order valence-corrected chi connectivity index (χ4v) is 2.68. The Bertz CT molecular complexity index is 434. The molecule has 1 fully saturated rings. The number of carbonyl (C=O) groups excluding carboxylic acids is 1. The van der Waals surface area contributed by atoms with Crippen LogP contribution in [0.1, 0.15) is 28.8 Å². The molecule has 1 saturated heterocycles. The molecule has 0 bridgehead atoms. The Morgan fingerprint density at radius 3 is 3.11 bits per heavy atom. The van der Waals surface area contributed by atoms with Gasteiger partial charge < -0.3 is 15.0 Å².